The van der Waals surface area contributed by atoms with Crippen LogP contribution in [0.15, 0.2) is 0 Å². The van der Waals surface area contributed by atoms with Crippen LogP contribution in [0.3, 0.4) is 0 Å². The fourth-order valence-electron chi connectivity index (χ4n) is 0. The number of hydrogen-bond acceptors (Lipinski definition) is 1. The van der Waals surface area contributed by atoms with Crippen LogP contribution in [0.25, 0.3) is 0 Å². The van der Waals surface area contributed by atoms with Crippen molar-refractivity contribution in [1.82, 2.24) is 0 Å². The van der Waals surface area contributed by atoms with Crippen molar-refractivity contribution in [3.05, 3.63) is 0 Å². The molecule has 0 heterocycles. The SMILES string of the molecule is CC[I-]N. The van der Waals surface area contributed by atoms with Crippen LogP contribution in [-0.2, 0) is 0 Å². The standard InChI is InChI=1S/C2H7IN/c1-2-3-4/h2,4H2,1H3/q-1. The van der Waals surface area contributed by atoms with Crippen molar-refractivity contribution in [3.63, 3.8) is 0 Å². The van der Waals surface area contributed by atoms with Crippen LogP contribution >= 0.6 is 0 Å². The number of hydrogen-bond donors (Lipinski definition) is 1. The molecule has 28 valence electrons. The van der Waals surface area contributed by atoms with Gasteiger partial charge in [0.05, 0.1) is 0 Å². The first-order valence-corrected chi connectivity index (χ1v) is 3.96. The van der Waals surface area contributed by atoms with Crippen molar-refractivity contribution >= 4 is 0 Å². The van der Waals surface area contributed by atoms with Crippen molar-refractivity contribution < 1.29 is 21.5 Å². The third kappa shape index (κ3) is 2.69. The second-order valence-corrected chi connectivity index (χ2v) is 2.83. The molecule has 0 aromatic rings. The molecule has 0 atom stereocenters. The normalized spacial score (nSPS) is 8.50. The summed E-state index contributed by atoms with van der Waals surface area (Å²) in [5.74, 6) is 0. The average Bonchev–Trinajstić information content (AvgIpc) is 1.37. The molecule has 0 amide bonds. The molecule has 0 saturated carbocycles. The molecule has 0 aromatic heterocycles. The van der Waals surface area contributed by atoms with Crippen LogP contribution in [0.5, 0.6) is 0 Å². The summed E-state index contributed by atoms with van der Waals surface area (Å²) < 4.78 is 6.35. The molecule has 0 unspecified atom stereocenters. The summed E-state index contributed by atoms with van der Waals surface area (Å²) in [7, 11) is 0. The molecule has 0 aliphatic rings. The average molecular weight is 172 g/mol. The van der Waals surface area contributed by atoms with E-state index in [0.717, 1.165) is 0 Å². The molecule has 1 nitrogen and oxygen atoms in total. The maximum absolute atomic E-state index is 5.14. The van der Waals surface area contributed by atoms with Gasteiger partial charge in [0.15, 0.2) is 0 Å². The minimum atomic E-state index is 0.111. The van der Waals surface area contributed by atoms with Gasteiger partial charge in [-0.15, -0.1) is 0 Å². The number of alkyl halides is 1. The van der Waals surface area contributed by atoms with E-state index in [9.17, 15) is 0 Å². The van der Waals surface area contributed by atoms with Crippen LogP contribution in [0, 0.1) is 0 Å². The van der Waals surface area contributed by atoms with E-state index in [2.05, 4.69) is 6.92 Å². The summed E-state index contributed by atoms with van der Waals surface area (Å²) in [4.78, 5) is 0. The van der Waals surface area contributed by atoms with Gasteiger partial charge in [0.1, 0.15) is 0 Å². The molecule has 0 radical (unpaired) electrons. The van der Waals surface area contributed by atoms with Crippen molar-refractivity contribution in [3.8, 4) is 0 Å². The van der Waals surface area contributed by atoms with Gasteiger partial charge in [0, 0.05) is 0 Å². The molecule has 2 N–H and O–H groups in total. The van der Waals surface area contributed by atoms with Gasteiger partial charge >= 0.3 is 36.8 Å². The van der Waals surface area contributed by atoms with E-state index in [0.29, 0.717) is 0 Å². The topological polar surface area (TPSA) is 26.0 Å². The van der Waals surface area contributed by atoms with E-state index in [1.165, 1.54) is 4.43 Å². The van der Waals surface area contributed by atoms with Crippen molar-refractivity contribution in [2.45, 2.75) is 6.92 Å². The number of nitrogens with two attached hydrogens (primary N) is 1. The molecular weight excluding hydrogens is 165 g/mol. The van der Waals surface area contributed by atoms with E-state index in [1.54, 1.807) is 0 Å². The Morgan fingerprint density at radius 3 is 2.25 bits per heavy atom. The monoisotopic (exact) mass is 172 g/mol. The summed E-state index contributed by atoms with van der Waals surface area (Å²) in [5.41, 5.74) is 0. The number of halogens is 1. The van der Waals surface area contributed by atoms with Crippen LogP contribution < -0.4 is 25.4 Å². The predicted octanol–water partition coefficient (Wildman–Crippen LogP) is -3.03. The van der Waals surface area contributed by atoms with Crippen LogP contribution in [0.2, 0.25) is 0 Å². The van der Waals surface area contributed by atoms with E-state index < -0.39 is 0 Å². The second kappa shape index (κ2) is 3.69. The molecule has 0 fully saturated rings. The van der Waals surface area contributed by atoms with Gasteiger partial charge in [-0.2, -0.15) is 0 Å². The van der Waals surface area contributed by atoms with Gasteiger partial charge < -0.3 is 0 Å². The molecule has 0 aliphatic carbocycles. The molecule has 0 aromatic carbocycles. The van der Waals surface area contributed by atoms with Gasteiger partial charge in [-0.3, -0.25) is 0 Å². The second-order valence-electron chi connectivity index (χ2n) is 0.422. The Hall–Kier alpha value is 0.690. The predicted molar refractivity (Wildman–Crippen MR) is 14.7 cm³/mol. The fraction of sp³-hybridized carbons (Fsp3) is 1.00. The van der Waals surface area contributed by atoms with Crippen LogP contribution in [0.4, 0.5) is 0 Å². The first-order chi connectivity index (χ1) is 1.91. The van der Waals surface area contributed by atoms with Gasteiger partial charge in [-0.25, -0.2) is 0 Å². The zero-order valence-electron chi connectivity index (χ0n) is 2.66. The van der Waals surface area contributed by atoms with Crippen molar-refractivity contribution in [2.24, 2.45) is 3.95 Å². The van der Waals surface area contributed by atoms with Gasteiger partial charge in [0.2, 0.25) is 0 Å². The molecule has 4 heavy (non-hydrogen) atoms. The summed E-state index contributed by atoms with van der Waals surface area (Å²) in [6.45, 7) is 2.10. The Kier molecular flexibility index (Phi) is 4.33. The van der Waals surface area contributed by atoms with Gasteiger partial charge in [0.25, 0.3) is 0 Å². The first kappa shape index (κ1) is 4.69. The summed E-state index contributed by atoms with van der Waals surface area (Å²) in [5, 5.41) is 0. The zero-order valence-corrected chi connectivity index (χ0v) is 4.82. The molecule has 2 heteroatoms. The maximum atomic E-state index is 5.14. The van der Waals surface area contributed by atoms with Crippen molar-refractivity contribution in [1.29, 1.82) is 0 Å². The Morgan fingerprint density at radius 2 is 2.25 bits per heavy atom. The van der Waals surface area contributed by atoms with E-state index >= 15 is 0 Å². The fourth-order valence-corrected chi connectivity index (χ4v) is 0. The quantitative estimate of drug-likeness (QED) is 0.254. The Labute approximate surface area is 37.2 Å². The van der Waals surface area contributed by atoms with E-state index in [1.807, 2.05) is 0 Å². The molecule has 0 rings (SSSR count). The Bertz CT molecular complexity index is 8.00. The van der Waals surface area contributed by atoms with Gasteiger partial charge in [-0.1, -0.05) is 0 Å². The van der Waals surface area contributed by atoms with Crippen LogP contribution in [-0.4, -0.2) is 4.43 Å². The Morgan fingerprint density at radius 1 is 2.00 bits per heavy atom. The minimum absolute atomic E-state index is 0.111. The van der Waals surface area contributed by atoms with Crippen molar-refractivity contribution in [2.75, 3.05) is 4.43 Å². The zero-order chi connectivity index (χ0) is 3.41. The number of rotatable bonds is 1. The summed E-state index contributed by atoms with van der Waals surface area (Å²) >= 11 is 0.111. The molecular formula is C2H7IN-. The summed E-state index contributed by atoms with van der Waals surface area (Å²) in [6, 6.07) is 0. The first-order valence-electron chi connectivity index (χ1n) is 1.19. The summed E-state index contributed by atoms with van der Waals surface area (Å²) in [6.07, 6.45) is 0. The molecule has 0 bridgehead atoms. The Balaban J connectivity index is 1.97. The van der Waals surface area contributed by atoms with Gasteiger partial charge in [-0.05, 0) is 0 Å². The van der Waals surface area contributed by atoms with E-state index in [4.69, 9.17) is 3.95 Å². The third-order valence-electron chi connectivity index (χ3n) is 0.154. The molecule has 0 spiro atoms. The third-order valence-corrected chi connectivity index (χ3v) is 1.04. The molecule has 0 aliphatic heterocycles. The van der Waals surface area contributed by atoms with Crippen LogP contribution in [0.1, 0.15) is 6.92 Å². The van der Waals surface area contributed by atoms with E-state index in [-0.39, 0.29) is 21.5 Å². The molecule has 0 saturated heterocycles.